The molecule has 18 heavy (non-hydrogen) atoms. The molecule has 100 valence electrons. The zero-order valence-corrected chi connectivity index (χ0v) is 10.3. The molecule has 4 nitrogen and oxygen atoms in total. The minimum Gasteiger partial charge on any atom is -0.392 e. The van der Waals surface area contributed by atoms with Gasteiger partial charge in [-0.3, -0.25) is 0 Å². The van der Waals surface area contributed by atoms with Gasteiger partial charge >= 0.3 is 0 Å². The quantitative estimate of drug-likeness (QED) is 0.881. The Kier molecular flexibility index (Phi) is 3.65. The lowest BCUT2D eigenvalue weighted by Crippen LogP contribution is -2.42. The lowest BCUT2D eigenvalue weighted by molar-refractivity contribution is 0.108. The van der Waals surface area contributed by atoms with Gasteiger partial charge in [-0.2, -0.15) is 4.31 Å². The minimum atomic E-state index is -4.01. The second-order valence-electron chi connectivity index (χ2n) is 4.23. The Balaban J connectivity index is 2.35. The summed E-state index contributed by atoms with van der Waals surface area (Å²) in [6.07, 6.45) is 0.304. The smallest absolute Gasteiger partial charge is 0.246 e. The van der Waals surface area contributed by atoms with Crippen LogP contribution in [0.3, 0.4) is 0 Å². The number of nitrogens with zero attached hydrogens (tertiary/aromatic N) is 1. The normalized spacial score (nSPS) is 22.1. The molecule has 0 aromatic heterocycles. The summed E-state index contributed by atoms with van der Waals surface area (Å²) in [5, 5.41) is 9.44. The number of hydrogen-bond donors (Lipinski definition) is 1. The van der Waals surface area contributed by atoms with Gasteiger partial charge < -0.3 is 5.11 Å². The average Bonchev–Trinajstić information content (AvgIpc) is 2.28. The van der Waals surface area contributed by atoms with Gasteiger partial charge in [0.1, 0.15) is 16.5 Å². The fourth-order valence-corrected chi connectivity index (χ4v) is 3.52. The SMILES string of the molecule is O=S(=O)(c1ccc(F)cc1F)N1CCCC(O)C1. The van der Waals surface area contributed by atoms with Crippen LogP contribution < -0.4 is 0 Å². The van der Waals surface area contributed by atoms with Crippen LogP contribution in [0.2, 0.25) is 0 Å². The minimum absolute atomic E-state index is 0.0564. The van der Waals surface area contributed by atoms with E-state index in [2.05, 4.69) is 0 Å². The van der Waals surface area contributed by atoms with Gasteiger partial charge in [0, 0.05) is 19.2 Å². The van der Waals surface area contributed by atoms with E-state index in [1.807, 2.05) is 0 Å². The number of halogens is 2. The van der Waals surface area contributed by atoms with Crippen molar-refractivity contribution in [3.05, 3.63) is 29.8 Å². The maximum absolute atomic E-state index is 13.5. The van der Waals surface area contributed by atoms with Crippen LogP contribution in [0.5, 0.6) is 0 Å². The first-order valence-corrected chi connectivity index (χ1v) is 6.98. The van der Waals surface area contributed by atoms with Crippen molar-refractivity contribution in [1.82, 2.24) is 4.31 Å². The van der Waals surface area contributed by atoms with Crippen LogP contribution in [0.25, 0.3) is 0 Å². The van der Waals surface area contributed by atoms with Crippen molar-refractivity contribution >= 4 is 10.0 Å². The zero-order chi connectivity index (χ0) is 13.3. The summed E-state index contributed by atoms with van der Waals surface area (Å²) in [5.74, 6) is -1.94. The summed E-state index contributed by atoms with van der Waals surface area (Å²) in [6.45, 7) is 0.176. The Hall–Kier alpha value is -1.05. The predicted molar refractivity (Wildman–Crippen MR) is 60.4 cm³/mol. The molecule has 1 N–H and O–H groups in total. The highest BCUT2D eigenvalue weighted by atomic mass is 32.2. The van der Waals surface area contributed by atoms with Crippen LogP contribution in [0.15, 0.2) is 23.1 Å². The van der Waals surface area contributed by atoms with Crippen molar-refractivity contribution in [3.8, 4) is 0 Å². The van der Waals surface area contributed by atoms with Gasteiger partial charge in [-0.25, -0.2) is 17.2 Å². The molecule has 0 bridgehead atoms. The molecule has 1 saturated heterocycles. The fourth-order valence-electron chi connectivity index (χ4n) is 1.96. The van der Waals surface area contributed by atoms with Gasteiger partial charge in [-0.05, 0) is 25.0 Å². The predicted octanol–water partition coefficient (Wildman–Crippen LogP) is 1.11. The molecular weight excluding hydrogens is 264 g/mol. The topological polar surface area (TPSA) is 57.6 Å². The van der Waals surface area contributed by atoms with Crippen molar-refractivity contribution < 1.29 is 22.3 Å². The molecule has 1 fully saturated rings. The lowest BCUT2D eigenvalue weighted by Gasteiger charge is -2.29. The molecule has 1 aromatic carbocycles. The summed E-state index contributed by atoms with van der Waals surface area (Å²) < 4.78 is 51.5. The van der Waals surface area contributed by atoms with E-state index in [0.29, 0.717) is 18.9 Å². The van der Waals surface area contributed by atoms with Crippen LogP contribution in [0.4, 0.5) is 8.78 Å². The molecule has 1 unspecified atom stereocenters. The van der Waals surface area contributed by atoms with Gasteiger partial charge in [0.15, 0.2) is 0 Å². The standard InChI is InChI=1S/C11H13F2NO3S/c12-8-3-4-11(10(13)6-8)18(16,17)14-5-1-2-9(15)7-14/h3-4,6,9,15H,1-2,5,7H2. The Morgan fingerprint density at radius 2 is 2.06 bits per heavy atom. The molecule has 1 heterocycles. The average molecular weight is 277 g/mol. The molecule has 7 heteroatoms. The molecule has 0 amide bonds. The van der Waals surface area contributed by atoms with E-state index in [1.54, 1.807) is 0 Å². The number of sulfonamides is 1. The maximum atomic E-state index is 13.5. The molecule has 1 atom stereocenters. The highest BCUT2D eigenvalue weighted by Crippen LogP contribution is 2.23. The molecule has 2 rings (SSSR count). The monoisotopic (exact) mass is 277 g/mol. The Labute approximate surface area is 104 Å². The second kappa shape index (κ2) is 4.91. The van der Waals surface area contributed by atoms with Crippen LogP contribution >= 0.6 is 0 Å². The molecule has 0 radical (unpaired) electrons. The third-order valence-electron chi connectivity index (χ3n) is 2.87. The van der Waals surface area contributed by atoms with Gasteiger partial charge in [0.2, 0.25) is 10.0 Å². The molecule has 1 aliphatic heterocycles. The molecule has 0 saturated carbocycles. The summed E-state index contributed by atoms with van der Waals surface area (Å²) in [6, 6.07) is 2.34. The van der Waals surface area contributed by atoms with Crippen LogP contribution in [-0.4, -0.2) is 37.0 Å². The van der Waals surface area contributed by atoms with Gasteiger partial charge in [-0.15, -0.1) is 0 Å². The summed E-state index contributed by atoms with van der Waals surface area (Å²) in [5.41, 5.74) is 0. The van der Waals surface area contributed by atoms with Crippen LogP contribution in [0.1, 0.15) is 12.8 Å². The largest absolute Gasteiger partial charge is 0.392 e. The van der Waals surface area contributed by atoms with Gasteiger partial charge in [0.25, 0.3) is 0 Å². The molecule has 0 spiro atoms. The molecular formula is C11H13F2NO3S. The fraction of sp³-hybridized carbons (Fsp3) is 0.455. The summed E-state index contributed by atoms with van der Waals surface area (Å²) >= 11 is 0. The number of β-amino-alcohol motifs (C(OH)–C–C–N with tert-alkyl or cyclic N) is 1. The number of aliphatic hydroxyl groups excluding tert-OH is 1. The van der Waals surface area contributed by atoms with Crippen molar-refractivity contribution in [2.45, 2.75) is 23.8 Å². The highest BCUT2D eigenvalue weighted by molar-refractivity contribution is 7.89. The van der Waals surface area contributed by atoms with E-state index in [9.17, 15) is 22.3 Å². The third kappa shape index (κ3) is 2.52. The molecule has 1 aromatic rings. The number of benzene rings is 1. The van der Waals surface area contributed by atoms with Crippen LogP contribution in [-0.2, 0) is 10.0 Å². The van der Waals surface area contributed by atoms with Crippen molar-refractivity contribution in [2.24, 2.45) is 0 Å². The first-order chi connectivity index (χ1) is 8.41. The van der Waals surface area contributed by atoms with E-state index in [4.69, 9.17) is 0 Å². The first kappa shape index (κ1) is 13.4. The van der Waals surface area contributed by atoms with Crippen molar-refractivity contribution in [3.63, 3.8) is 0 Å². The van der Waals surface area contributed by atoms with Crippen molar-refractivity contribution in [2.75, 3.05) is 13.1 Å². The van der Waals surface area contributed by atoms with E-state index < -0.39 is 32.7 Å². The number of hydrogen-bond acceptors (Lipinski definition) is 3. The number of rotatable bonds is 2. The van der Waals surface area contributed by atoms with E-state index >= 15 is 0 Å². The maximum Gasteiger partial charge on any atom is 0.246 e. The number of aliphatic hydroxyl groups is 1. The van der Waals surface area contributed by atoms with E-state index in [0.717, 1.165) is 16.4 Å². The number of piperidine rings is 1. The van der Waals surface area contributed by atoms with Gasteiger partial charge in [0.05, 0.1) is 6.10 Å². The lowest BCUT2D eigenvalue weighted by atomic mass is 10.1. The highest BCUT2D eigenvalue weighted by Gasteiger charge is 2.31. The van der Waals surface area contributed by atoms with Crippen molar-refractivity contribution in [1.29, 1.82) is 0 Å². The Bertz CT molecular complexity index is 547. The van der Waals surface area contributed by atoms with E-state index in [1.165, 1.54) is 0 Å². The Morgan fingerprint density at radius 3 is 2.67 bits per heavy atom. The Morgan fingerprint density at radius 1 is 1.33 bits per heavy atom. The summed E-state index contributed by atoms with van der Waals surface area (Å²) in [7, 11) is -4.01. The second-order valence-corrected chi connectivity index (χ2v) is 6.14. The van der Waals surface area contributed by atoms with E-state index in [-0.39, 0.29) is 13.1 Å². The third-order valence-corrected chi connectivity index (χ3v) is 4.77. The van der Waals surface area contributed by atoms with Gasteiger partial charge in [-0.1, -0.05) is 0 Å². The molecule has 0 aliphatic carbocycles. The first-order valence-electron chi connectivity index (χ1n) is 5.54. The van der Waals surface area contributed by atoms with Crippen LogP contribution in [0, 0.1) is 11.6 Å². The molecule has 1 aliphatic rings. The summed E-state index contributed by atoms with van der Waals surface area (Å²) in [4.78, 5) is -0.557. The zero-order valence-electron chi connectivity index (χ0n) is 9.51.